The van der Waals surface area contributed by atoms with Gasteiger partial charge in [-0.3, -0.25) is 14.9 Å². The van der Waals surface area contributed by atoms with Crippen molar-refractivity contribution in [3.05, 3.63) is 50.4 Å². The van der Waals surface area contributed by atoms with E-state index in [0.29, 0.717) is 34.9 Å². The number of Topliss-reactive ketones (excluding diaryl/α,β-unsaturated/α-hetero) is 1. The van der Waals surface area contributed by atoms with Crippen molar-refractivity contribution in [1.82, 2.24) is 5.32 Å². The molecule has 9 nitrogen and oxygen atoms in total. The lowest BCUT2D eigenvalue weighted by atomic mass is 9.68. The van der Waals surface area contributed by atoms with Crippen molar-refractivity contribution in [2.75, 3.05) is 24.9 Å². The fourth-order valence-electron chi connectivity index (χ4n) is 4.77. The number of thioether (sulfide) groups is 1. The summed E-state index contributed by atoms with van der Waals surface area (Å²) in [4.78, 5) is 38.3. The zero-order valence-electron chi connectivity index (χ0n) is 19.7. The van der Waals surface area contributed by atoms with Crippen LogP contribution in [0.25, 0.3) is 0 Å². The topological polar surface area (TPSA) is 117 Å². The van der Waals surface area contributed by atoms with Gasteiger partial charge in [-0.25, -0.2) is 4.79 Å². The number of nitro benzene ring substituents is 1. The zero-order valence-corrected chi connectivity index (χ0v) is 20.5. The third-order valence-corrected chi connectivity index (χ3v) is 7.02. The Labute approximate surface area is 202 Å². The van der Waals surface area contributed by atoms with Crippen LogP contribution in [0.3, 0.4) is 0 Å². The van der Waals surface area contributed by atoms with E-state index < -0.39 is 16.8 Å². The number of rotatable bonds is 7. The van der Waals surface area contributed by atoms with Crippen molar-refractivity contribution in [3.63, 3.8) is 0 Å². The zero-order chi connectivity index (χ0) is 24.6. The second-order valence-electron chi connectivity index (χ2n) is 9.28. The molecule has 182 valence electrons. The van der Waals surface area contributed by atoms with E-state index in [4.69, 9.17) is 14.2 Å². The molecule has 1 N–H and O–H groups in total. The lowest BCUT2D eigenvalue weighted by Crippen LogP contribution is -2.39. The molecule has 34 heavy (non-hydrogen) atoms. The first kappa shape index (κ1) is 24.1. The molecule has 1 aromatic rings. The Balaban J connectivity index is 1.86. The van der Waals surface area contributed by atoms with Gasteiger partial charge in [0.25, 0.3) is 5.69 Å². The van der Waals surface area contributed by atoms with Gasteiger partial charge < -0.3 is 19.5 Å². The number of nitrogens with one attached hydrogen (secondary N) is 1. The highest BCUT2D eigenvalue weighted by atomic mass is 32.2. The predicted octanol–water partition coefficient (Wildman–Crippen LogP) is 4.22. The molecular weight excluding hydrogens is 460 g/mol. The standard InChI is InChI=1S/C24H28N2O7S/c1-5-34-7-6-31-23(28)20-13(2)25-15-10-24(3,4)11-17(27)22(15)21(20)14-8-18-19(33-12-32-18)9-16(14)26(29)30/h8-9,21,25H,5-7,10-12H2,1-4H3/t21-/m1/s1. The van der Waals surface area contributed by atoms with E-state index in [-0.39, 0.29) is 53.6 Å². The quantitative estimate of drug-likeness (QED) is 0.260. The van der Waals surface area contributed by atoms with Crippen molar-refractivity contribution in [2.24, 2.45) is 5.41 Å². The van der Waals surface area contributed by atoms with Crippen LogP contribution in [0.1, 0.15) is 52.0 Å². The number of allylic oxidation sites excluding steroid dienone is 3. The molecule has 0 radical (unpaired) electrons. The first-order chi connectivity index (χ1) is 16.1. The van der Waals surface area contributed by atoms with Crippen LogP contribution in [0, 0.1) is 15.5 Å². The van der Waals surface area contributed by atoms with Crippen LogP contribution in [-0.2, 0) is 14.3 Å². The average molecular weight is 489 g/mol. The maximum Gasteiger partial charge on any atom is 0.336 e. The number of nitro groups is 1. The molecule has 4 rings (SSSR count). The molecule has 1 aromatic carbocycles. The highest BCUT2D eigenvalue weighted by molar-refractivity contribution is 7.99. The SMILES string of the molecule is CCSCCOC(=O)C1=C(C)NC2=C(C(=O)CC(C)(C)C2)[C@@H]1c1cc2c(cc1[N+](=O)[O-])OCO2. The van der Waals surface area contributed by atoms with Gasteiger partial charge in [0.15, 0.2) is 17.3 Å². The van der Waals surface area contributed by atoms with Crippen molar-refractivity contribution in [2.45, 2.75) is 46.5 Å². The van der Waals surface area contributed by atoms with E-state index in [1.165, 1.54) is 12.1 Å². The number of hydrogen-bond acceptors (Lipinski definition) is 9. The number of esters is 1. The van der Waals surface area contributed by atoms with Gasteiger partial charge in [0.1, 0.15) is 6.61 Å². The van der Waals surface area contributed by atoms with E-state index in [1.807, 2.05) is 20.8 Å². The maximum atomic E-state index is 13.4. The molecule has 0 saturated carbocycles. The van der Waals surface area contributed by atoms with Gasteiger partial charge in [-0.05, 0) is 30.6 Å². The Bertz CT molecular complexity index is 1120. The lowest BCUT2D eigenvalue weighted by Gasteiger charge is -2.39. The second kappa shape index (κ2) is 9.32. The number of ether oxygens (including phenoxy) is 3. The fraction of sp³-hybridized carbons (Fsp3) is 0.500. The molecule has 0 saturated heterocycles. The minimum atomic E-state index is -0.943. The highest BCUT2D eigenvalue weighted by Crippen LogP contribution is 2.50. The molecule has 0 amide bonds. The number of fused-ring (bicyclic) bond motifs is 1. The molecule has 0 bridgehead atoms. The first-order valence-corrected chi connectivity index (χ1v) is 12.3. The third-order valence-electron chi connectivity index (χ3n) is 6.15. The summed E-state index contributed by atoms with van der Waals surface area (Å²) in [6.07, 6.45) is 0.854. The van der Waals surface area contributed by atoms with E-state index >= 15 is 0 Å². The molecule has 1 aliphatic carbocycles. The molecule has 10 heteroatoms. The fourth-order valence-corrected chi connectivity index (χ4v) is 5.26. The molecule has 3 aliphatic rings. The van der Waals surface area contributed by atoms with Crippen molar-refractivity contribution >= 4 is 29.2 Å². The molecule has 1 atom stereocenters. The molecule has 2 heterocycles. The predicted molar refractivity (Wildman–Crippen MR) is 127 cm³/mol. The molecule has 0 spiro atoms. The normalized spacial score (nSPS) is 20.7. The van der Waals surface area contributed by atoms with E-state index in [9.17, 15) is 19.7 Å². The van der Waals surface area contributed by atoms with Crippen LogP contribution in [0.2, 0.25) is 0 Å². The van der Waals surface area contributed by atoms with Gasteiger partial charge in [-0.1, -0.05) is 20.8 Å². The summed E-state index contributed by atoms with van der Waals surface area (Å²) in [7, 11) is 0. The van der Waals surface area contributed by atoms with Gasteiger partial charge in [0.05, 0.1) is 22.5 Å². The van der Waals surface area contributed by atoms with Crippen LogP contribution in [0.5, 0.6) is 11.5 Å². The van der Waals surface area contributed by atoms with Crippen LogP contribution in [0.15, 0.2) is 34.7 Å². The minimum absolute atomic E-state index is 0.0535. The first-order valence-electron chi connectivity index (χ1n) is 11.2. The number of carbonyl (C=O) groups is 2. The van der Waals surface area contributed by atoms with Crippen LogP contribution < -0.4 is 14.8 Å². The molecular formula is C24H28N2O7S. The summed E-state index contributed by atoms with van der Waals surface area (Å²) < 4.78 is 16.4. The van der Waals surface area contributed by atoms with Crippen LogP contribution in [-0.4, -0.2) is 41.6 Å². The number of dihydropyridines is 1. The summed E-state index contributed by atoms with van der Waals surface area (Å²) >= 11 is 1.64. The lowest BCUT2D eigenvalue weighted by molar-refractivity contribution is -0.385. The Morgan fingerprint density at radius 2 is 2.00 bits per heavy atom. The van der Waals surface area contributed by atoms with Gasteiger partial charge in [0, 0.05) is 34.7 Å². The largest absolute Gasteiger partial charge is 0.461 e. The third kappa shape index (κ3) is 4.51. The Kier molecular flexibility index (Phi) is 6.62. The van der Waals surface area contributed by atoms with E-state index in [2.05, 4.69) is 5.32 Å². The minimum Gasteiger partial charge on any atom is -0.461 e. The second-order valence-corrected chi connectivity index (χ2v) is 10.7. The van der Waals surface area contributed by atoms with Gasteiger partial charge in [-0.15, -0.1) is 0 Å². The van der Waals surface area contributed by atoms with Crippen molar-refractivity contribution < 1.29 is 28.7 Å². The summed E-state index contributed by atoms with van der Waals surface area (Å²) in [6.45, 7) is 7.91. The van der Waals surface area contributed by atoms with Crippen LogP contribution in [0.4, 0.5) is 5.69 Å². The molecule has 0 unspecified atom stereocenters. The van der Waals surface area contributed by atoms with Crippen molar-refractivity contribution in [3.8, 4) is 11.5 Å². The molecule has 0 fully saturated rings. The number of carbonyl (C=O) groups excluding carboxylic acids is 2. The summed E-state index contributed by atoms with van der Waals surface area (Å²) in [5, 5.41) is 15.3. The number of benzene rings is 1. The average Bonchev–Trinajstić information content (AvgIpc) is 3.21. The van der Waals surface area contributed by atoms with Crippen LogP contribution >= 0.6 is 11.8 Å². The van der Waals surface area contributed by atoms with Gasteiger partial charge in [-0.2, -0.15) is 11.8 Å². The van der Waals surface area contributed by atoms with Crippen molar-refractivity contribution in [1.29, 1.82) is 0 Å². The van der Waals surface area contributed by atoms with E-state index in [0.717, 1.165) is 5.75 Å². The Morgan fingerprint density at radius 3 is 2.68 bits per heavy atom. The number of ketones is 1. The maximum absolute atomic E-state index is 13.4. The highest BCUT2D eigenvalue weighted by Gasteiger charge is 2.45. The summed E-state index contributed by atoms with van der Waals surface area (Å²) in [5.74, 6) is 0.454. The molecule has 0 aromatic heterocycles. The number of nitrogens with zero attached hydrogens (tertiary/aromatic N) is 1. The Hall–Kier alpha value is -3.01. The smallest absolute Gasteiger partial charge is 0.336 e. The monoisotopic (exact) mass is 488 g/mol. The van der Waals surface area contributed by atoms with E-state index in [1.54, 1.807) is 18.7 Å². The number of hydrogen-bond donors (Lipinski definition) is 1. The Morgan fingerprint density at radius 1 is 1.29 bits per heavy atom. The molecule has 2 aliphatic heterocycles. The van der Waals surface area contributed by atoms with Gasteiger partial charge >= 0.3 is 5.97 Å². The summed E-state index contributed by atoms with van der Waals surface area (Å²) in [5.41, 5.74) is 1.50. The summed E-state index contributed by atoms with van der Waals surface area (Å²) in [6, 6.07) is 2.81. The van der Waals surface area contributed by atoms with Gasteiger partial charge in [0.2, 0.25) is 6.79 Å².